The molecule has 6 nitrogen and oxygen atoms in total. The smallest absolute Gasteiger partial charge is 0.309 e. The van der Waals surface area contributed by atoms with E-state index < -0.39 is 15.2 Å². The lowest BCUT2D eigenvalue weighted by molar-refractivity contribution is 0.287. The molecule has 0 spiro atoms. The number of benzene rings is 2. The van der Waals surface area contributed by atoms with Gasteiger partial charge in [-0.2, -0.15) is 0 Å². The number of rotatable bonds is 6. The first-order chi connectivity index (χ1) is 10.5. The molecule has 0 N–H and O–H groups in total. The predicted octanol–water partition coefficient (Wildman–Crippen LogP) is 3.06. The van der Waals surface area contributed by atoms with Gasteiger partial charge in [-0.05, 0) is 17.5 Å². The molecule has 0 aliphatic carbocycles. The second kappa shape index (κ2) is 6.63. The summed E-state index contributed by atoms with van der Waals surface area (Å²) in [4.78, 5) is 0. The number of hydrogen-bond donors (Lipinski definition) is 0. The lowest BCUT2D eigenvalue weighted by Crippen LogP contribution is -2.18. The molecule has 0 amide bonds. The average Bonchev–Trinajstić information content (AvgIpc) is 2.59. The van der Waals surface area contributed by atoms with E-state index in [4.69, 9.17) is 18.1 Å². The summed E-state index contributed by atoms with van der Waals surface area (Å²) in [5.41, 5.74) is 0. The van der Waals surface area contributed by atoms with Crippen LogP contribution < -0.4 is 10.6 Å². The second-order valence-corrected chi connectivity index (χ2v) is 8.79. The van der Waals surface area contributed by atoms with Crippen LogP contribution >= 0.6 is 15.2 Å². The van der Waals surface area contributed by atoms with Gasteiger partial charge in [-0.1, -0.05) is 24.3 Å². The van der Waals surface area contributed by atoms with E-state index >= 15 is 0 Å². The van der Waals surface area contributed by atoms with E-state index in [0.717, 1.165) is 5.39 Å². The van der Waals surface area contributed by atoms with E-state index in [0.29, 0.717) is 16.0 Å². The molecule has 22 heavy (non-hydrogen) atoms. The van der Waals surface area contributed by atoms with Crippen LogP contribution in [0.5, 0.6) is 0 Å². The molecule has 0 radical (unpaired) electrons. The van der Waals surface area contributed by atoms with Crippen molar-refractivity contribution in [3.8, 4) is 0 Å². The van der Waals surface area contributed by atoms with Crippen LogP contribution in [0.3, 0.4) is 0 Å². The molecule has 0 heterocycles. The summed E-state index contributed by atoms with van der Waals surface area (Å²) in [6, 6.07) is 10.3. The van der Waals surface area contributed by atoms with Crippen molar-refractivity contribution in [3.63, 3.8) is 0 Å². The quantitative estimate of drug-likeness (QED) is 0.750. The third kappa shape index (κ3) is 2.79. The first-order valence-corrected chi connectivity index (χ1v) is 9.50. The molecule has 0 unspecified atom stereocenters. The lowest BCUT2D eigenvalue weighted by atomic mass is 10.1. The van der Waals surface area contributed by atoms with E-state index in [9.17, 15) is 9.13 Å². The Morgan fingerprint density at radius 2 is 1.05 bits per heavy atom. The highest BCUT2D eigenvalue weighted by molar-refractivity contribution is 7.64. The molecule has 120 valence electrons. The van der Waals surface area contributed by atoms with Gasteiger partial charge in [-0.3, -0.25) is 9.13 Å². The molecule has 0 aliphatic heterocycles. The molecular formula is C14H18O6P2. The minimum atomic E-state index is -3.53. The molecule has 0 aliphatic rings. The van der Waals surface area contributed by atoms with Crippen molar-refractivity contribution in [2.45, 2.75) is 0 Å². The first-order valence-electron chi connectivity index (χ1n) is 6.41. The van der Waals surface area contributed by atoms with Crippen molar-refractivity contribution in [3.05, 3.63) is 36.4 Å². The summed E-state index contributed by atoms with van der Waals surface area (Å²) in [6.07, 6.45) is 0. The maximum atomic E-state index is 12.8. The third-order valence-electron chi connectivity index (χ3n) is 3.41. The maximum Gasteiger partial charge on any atom is 0.361 e. The zero-order valence-corrected chi connectivity index (χ0v) is 14.6. The van der Waals surface area contributed by atoms with Gasteiger partial charge >= 0.3 is 15.2 Å². The summed E-state index contributed by atoms with van der Waals surface area (Å²) in [5.74, 6) is 0. The van der Waals surface area contributed by atoms with Gasteiger partial charge < -0.3 is 18.1 Å². The predicted molar refractivity (Wildman–Crippen MR) is 86.5 cm³/mol. The van der Waals surface area contributed by atoms with Crippen LogP contribution in [-0.4, -0.2) is 28.4 Å². The fourth-order valence-electron chi connectivity index (χ4n) is 2.30. The average molecular weight is 344 g/mol. The maximum absolute atomic E-state index is 12.8. The van der Waals surface area contributed by atoms with E-state index in [1.165, 1.54) is 28.4 Å². The third-order valence-corrected chi connectivity index (χ3v) is 7.26. The summed E-state index contributed by atoms with van der Waals surface area (Å²) in [5, 5.41) is 1.86. The standard InChI is InChI=1S/C14H18O6P2/c1-17-21(15,18-2)12-9-5-7-11-8-6-10-13(14(11)12)22(16,19-3)20-4/h5-10H,1-4H3. The van der Waals surface area contributed by atoms with Gasteiger partial charge in [0.05, 0.1) is 10.6 Å². The van der Waals surface area contributed by atoms with Crippen molar-refractivity contribution in [1.29, 1.82) is 0 Å². The Morgan fingerprint density at radius 3 is 1.36 bits per heavy atom. The molecule has 2 rings (SSSR count). The molecule has 0 atom stereocenters. The Balaban J connectivity index is 2.92. The largest absolute Gasteiger partial charge is 0.361 e. The number of fused-ring (bicyclic) bond motifs is 1. The normalized spacial score (nSPS) is 12.7. The van der Waals surface area contributed by atoms with Crippen molar-refractivity contribution in [2.75, 3.05) is 28.4 Å². The molecule has 0 fully saturated rings. The number of hydrogen-bond acceptors (Lipinski definition) is 6. The lowest BCUT2D eigenvalue weighted by Gasteiger charge is -2.20. The van der Waals surface area contributed by atoms with E-state index in [1.54, 1.807) is 24.3 Å². The Labute approximate surface area is 129 Å². The van der Waals surface area contributed by atoms with Crippen LogP contribution in [0.4, 0.5) is 0 Å². The van der Waals surface area contributed by atoms with Crippen molar-refractivity contribution in [2.24, 2.45) is 0 Å². The molecule has 0 saturated heterocycles. The topological polar surface area (TPSA) is 71.1 Å². The van der Waals surface area contributed by atoms with Gasteiger partial charge in [0, 0.05) is 33.8 Å². The Bertz CT molecular complexity index is 696. The minimum Gasteiger partial charge on any atom is -0.309 e. The Morgan fingerprint density at radius 1 is 0.682 bits per heavy atom. The summed E-state index contributed by atoms with van der Waals surface area (Å²) >= 11 is 0. The van der Waals surface area contributed by atoms with Gasteiger partial charge in [-0.15, -0.1) is 0 Å². The Hall–Kier alpha value is -1.00. The molecule has 0 aromatic heterocycles. The van der Waals surface area contributed by atoms with E-state index in [2.05, 4.69) is 0 Å². The van der Waals surface area contributed by atoms with Gasteiger partial charge in [0.25, 0.3) is 0 Å². The summed E-state index contributed by atoms with van der Waals surface area (Å²) < 4.78 is 45.9. The molecule has 2 aromatic rings. The van der Waals surface area contributed by atoms with Gasteiger partial charge in [0.1, 0.15) is 0 Å². The fourth-order valence-corrected chi connectivity index (χ4v) is 5.06. The van der Waals surface area contributed by atoms with Gasteiger partial charge in [-0.25, -0.2) is 0 Å². The SMILES string of the molecule is COP(=O)(OC)c1cccc2cccc(P(=O)(OC)OC)c12. The molecular weight excluding hydrogens is 326 g/mol. The van der Waals surface area contributed by atoms with Crippen LogP contribution in [0, 0.1) is 0 Å². The first kappa shape index (κ1) is 17.4. The molecule has 0 bridgehead atoms. The summed E-state index contributed by atoms with van der Waals surface area (Å²) in [7, 11) is -1.84. The van der Waals surface area contributed by atoms with Crippen molar-refractivity contribution >= 4 is 36.6 Å². The van der Waals surface area contributed by atoms with E-state index in [-0.39, 0.29) is 0 Å². The van der Waals surface area contributed by atoms with Crippen LogP contribution in [0.2, 0.25) is 0 Å². The fraction of sp³-hybridized carbons (Fsp3) is 0.286. The highest BCUT2D eigenvalue weighted by Gasteiger charge is 2.33. The Kier molecular flexibility index (Phi) is 5.23. The monoisotopic (exact) mass is 344 g/mol. The summed E-state index contributed by atoms with van der Waals surface area (Å²) in [6.45, 7) is 0. The van der Waals surface area contributed by atoms with Crippen LogP contribution in [0.15, 0.2) is 36.4 Å². The zero-order valence-electron chi connectivity index (χ0n) is 12.8. The highest BCUT2D eigenvalue weighted by Crippen LogP contribution is 2.50. The highest BCUT2D eigenvalue weighted by atomic mass is 31.2. The second-order valence-electron chi connectivity index (χ2n) is 4.38. The van der Waals surface area contributed by atoms with Gasteiger partial charge in [0.2, 0.25) is 0 Å². The molecule has 0 saturated carbocycles. The van der Waals surface area contributed by atoms with E-state index in [1.807, 2.05) is 12.1 Å². The van der Waals surface area contributed by atoms with Crippen molar-refractivity contribution in [1.82, 2.24) is 0 Å². The zero-order chi connectivity index (χ0) is 16.4. The van der Waals surface area contributed by atoms with Crippen LogP contribution in [-0.2, 0) is 27.2 Å². The molecule has 8 heteroatoms. The van der Waals surface area contributed by atoms with Crippen LogP contribution in [0.25, 0.3) is 10.8 Å². The van der Waals surface area contributed by atoms with Gasteiger partial charge in [0.15, 0.2) is 0 Å². The van der Waals surface area contributed by atoms with Crippen LogP contribution in [0.1, 0.15) is 0 Å². The minimum absolute atomic E-state index is 0.319. The van der Waals surface area contributed by atoms with Crippen molar-refractivity contribution < 1.29 is 27.2 Å². The molecule has 2 aromatic carbocycles.